The van der Waals surface area contributed by atoms with E-state index in [0.29, 0.717) is 0 Å². The Bertz CT molecular complexity index is 395. The number of benzene rings is 1. The topological polar surface area (TPSA) is 29.3 Å². The third kappa shape index (κ3) is 3.22. The van der Waals surface area contributed by atoms with E-state index < -0.39 is 0 Å². The van der Waals surface area contributed by atoms with E-state index in [1.165, 1.54) is 18.5 Å². The molecule has 1 aliphatic heterocycles. The van der Waals surface area contributed by atoms with Crippen LogP contribution in [0.3, 0.4) is 0 Å². The van der Waals surface area contributed by atoms with Crippen LogP contribution in [0, 0.1) is 11.7 Å². The maximum absolute atomic E-state index is 13.4. The van der Waals surface area contributed by atoms with Gasteiger partial charge in [0, 0.05) is 24.8 Å². The number of nitrogens with two attached hydrogens (primary N) is 1. The van der Waals surface area contributed by atoms with Crippen LogP contribution in [0.15, 0.2) is 18.2 Å². The summed E-state index contributed by atoms with van der Waals surface area (Å²) in [5, 5.41) is 0. The van der Waals surface area contributed by atoms with E-state index in [-0.39, 0.29) is 11.9 Å². The summed E-state index contributed by atoms with van der Waals surface area (Å²) in [4.78, 5) is 2.37. The zero-order chi connectivity index (χ0) is 13.1. The molecule has 2 N–H and O–H groups in total. The average molecular weight is 250 g/mol. The van der Waals surface area contributed by atoms with Crippen LogP contribution in [-0.4, -0.2) is 19.1 Å². The maximum atomic E-state index is 13.4. The predicted molar refractivity (Wildman–Crippen MR) is 74.4 cm³/mol. The summed E-state index contributed by atoms with van der Waals surface area (Å²) in [7, 11) is 0. The minimum atomic E-state index is -0.167. The van der Waals surface area contributed by atoms with Gasteiger partial charge in [-0.2, -0.15) is 0 Å². The van der Waals surface area contributed by atoms with Crippen molar-refractivity contribution in [3.8, 4) is 0 Å². The van der Waals surface area contributed by atoms with Crippen molar-refractivity contribution in [2.45, 2.75) is 39.2 Å². The highest BCUT2D eigenvalue weighted by Gasteiger charge is 2.18. The molecule has 1 atom stereocenters. The summed E-state index contributed by atoms with van der Waals surface area (Å²) in [5.74, 6) is 0.637. The molecule has 1 aromatic rings. The molecule has 1 aliphatic rings. The van der Waals surface area contributed by atoms with Crippen LogP contribution >= 0.6 is 0 Å². The van der Waals surface area contributed by atoms with Crippen LogP contribution in [-0.2, 0) is 6.42 Å². The summed E-state index contributed by atoms with van der Waals surface area (Å²) >= 11 is 0. The molecule has 0 spiro atoms. The Morgan fingerprint density at radius 3 is 2.67 bits per heavy atom. The second kappa shape index (κ2) is 5.70. The van der Waals surface area contributed by atoms with Gasteiger partial charge < -0.3 is 10.6 Å². The van der Waals surface area contributed by atoms with E-state index in [4.69, 9.17) is 5.73 Å². The fourth-order valence-corrected chi connectivity index (χ4v) is 2.62. The number of anilines is 1. The molecule has 0 amide bonds. The highest BCUT2D eigenvalue weighted by Crippen LogP contribution is 2.27. The van der Waals surface area contributed by atoms with Crippen molar-refractivity contribution in [1.82, 2.24) is 0 Å². The van der Waals surface area contributed by atoms with E-state index in [1.54, 1.807) is 12.1 Å². The number of hydrogen-bond donors (Lipinski definition) is 1. The molecule has 100 valence electrons. The standard InChI is InChI=1S/C15H23FN2/c1-11-5-7-18(8-6-11)15-4-3-14(16)10-13(15)9-12(2)17/h3-4,10-12H,5-9,17H2,1-2H3. The number of nitrogens with zero attached hydrogens (tertiary/aromatic N) is 1. The Morgan fingerprint density at radius 1 is 1.39 bits per heavy atom. The molecule has 2 rings (SSSR count). The molecular weight excluding hydrogens is 227 g/mol. The van der Waals surface area contributed by atoms with Gasteiger partial charge in [0.1, 0.15) is 5.82 Å². The molecule has 1 fully saturated rings. The zero-order valence-corrected chi connectivity index (χ0v) is 11.3. The second-order valence-corrected chi connectivity index (χ2v) is 5.62. The van der Waals surface area contributed by atoms with Crippen LogP contribution in [0.5, 0.6) is 0 Å². The van der Waals surface area contributed by atoms with Gasteiger partial charge in [0.2, 0.25) is 0 Å². The Labute approximate surface area is 109 Å². The molecule has 3 heteroatoms. The monoisotopic (exact) mass is 250 g/mol. The van der Waals surface area contributed by atoms with Gasteiger partial charge in [-0.25, -0.2) is 4.39 Å². The Morgan fingerprint density at radius 2 is 2.06 bits per heavy atom. The van der Waals surface area contributed by atoms with Crippen molar-refractivity contribution < 1.29 is 4.39 Å². The Hall–Kier alpha value is -1.09. The number of halogens is 1. The third-order valence-corrected chi connectivity index (χ3v) is 3.71. The van der Waals surface area contributed by atoms with Crippen LogP contribution in [0.25, 0.3) is 0 Å². The van der Waals surface area contributed by atoms with Crippen LogP contribution < -0.4 is 10.6 Å². The zero-order valence-electron chi connectivity index (χ0n) is 11.3. The highest BCUT2D eigenvalue weighted by molar-refractivity contribution is 5.54. The third-order valence-electron chi connectivity index (χ3n) is 3.71. The average Bonchev–Trinajstić information content (AvgIpc) is 2.30. The fourth-order valence-electron chi connectivity index (χ4n) is 2.62. The largest absolute Gasteiger partial charge is 0.371 e. The highest BCUT2D eigenvalue weighted by atomic mass is 19.1. The van der Waals surface area contributed by atoms with Gasteiger partial charge in [-0.15, -0.1) is 0 Å². The summed E-state index contributed by atoms with van der Waals surface area (Å²) in [5.41, 5.74) is 8.06. The summed E-state index contributed by atoms with van der Waals surface area (Å²) < 4.78 is 13.4. The quantitative estimate of drug-likeness (QED) is 0.893. The smallest absolute Gasteiger partial charge is 0.123 e. The molecule has 0 bridgehead atoms. The molecule has 1 unspecified atom stereocenters. The molecule has 0 aliphatic carbocycles. The molecule has 18 heavy (non-hydrogen) atoms. The fraction of sp³-hybridized carbons (Fsp3) is 0.600. The molecule has 2 nitrogen and oxygen atoms in total. The van der Waals surface area contributed by atoms with Gasteiger partial charge in [0.25, 0.3) is 0 Å². The lowest BCUT2D eigenvalue weighted by Gasteiger charge is -2.33. The van der Waals surface area contributed by atoms with Crippen molar-refractivity contribution in [1.29, 1.82) is 0 Å². The van der Waals surface area contributed by atoms with Crippen LogP contribution in [0.4, 0.5) is 10.1 Å². The lowest BCUT2D eigenvalue weighted by atomic mass is 9.97. The Kier molecular flexibility index (Phi) is 4.23. The van der Waals surface area contributed by atoms with Crippen molar-refractivity contribution >= 4 is 5.69 Å². The first-order valence-electron chi connectivity index (χ1n) is 6.85. The van der Waals surface area contributed by atoms with Crippen molar-refractivity contribution in [2.24, 2.45) is 11.7 Å². The summed E-state index contributed by atoms with van der Waals surface area (Å²) in [6.07, 6.45) is 3.17. The van der Waals surface area contributed by atoms with Gasteiger partial charge in [-0.3, -0.25) is 0 Å². The minimum Gasteiger partial charge on any atom is -0.371 e. The lowest BCUT2D eigenvalue weighted by molar-refractivity contribution is 0.437. The SMILES string of the molecule is CC(N)Cc1cc(F)ccc1N1CCC(C)CC1. The van der Waals surface area contributed by atoms with Crippen LogP contribution in [0.1, 0.15) is 32.3 Å². The van der Waals surface area contributed by atoms with Crippen molar-refractivity contribution in [2.75, 3.05) is 18.0 Å². The maximum Gasteiger partial charge on any atom is 0.123 e. The Balaban J connectivity index is 2.20. The minimum absolute atomic E-state index is 0.0641. The first-order valence-corrected chi connectivity index (χ1v) is 6.85. The first-order chi connectivity index (χ1) is 8.56. The van der Waals surface area contributed by atoms with E-state index in [0.717, 1.165) is 31.0 Å². The summed E-state index contributed by atoms with van der Waals surface area (Å²) in [6, 6.07) is 5.16. The van der Waals surface area contributed by atoms with E-state index in [9.17, 15) is 4.39 Å². The number of hydrogen-bond acceptors (Lipinski definition) is 2. The molecule has 1 saturated heterocycles. The first kappa shape index (κ1) is 13.3. The molecule has 1 aromatic carbocycles. The van der Waals surface area contributed by atoms with Crippen LogP contribution in [0.2, 0.25) is 0 Å². The van der Waals surface area contributed by atoms with E-state index >= 15 is 0 Å². The number of piperidine rings is 1. The lowest BCUT2D eigenvalue weighted by Crippen LogP contribution is -2.34. The van der Waals surface area contributed by atoms with Crippen molar-refractivity contribution in [3.63, 3.8) is 0 Å². The van der Waals surface area contributed by atoms with Gasteiger partial charge in [-0.05, 0) is 55.9 Å². The predicted octanol–water partition coefficient (Wildman–Crippen LogP) is 2.95. The molecule has 0 radical (unpaired) electrons. The molecular formula is C15H23FN2. The molecule has 0 saturated carbocycles. The van der Waals surface area contributed by atoms with Gasteiger partial charge >= 0.3 is 0 Å². The number of rotatable bonds is 3. The normalized spacial score (nSPS) is 19.0. The van der Waals surface area contributed by atoms with Gasteiger partial charge in [0.05, 0.1) is 0 Å². The van der Waals surface area contributed by atoms with E-state index in [2.05, 4.69) is 11.8 Å². The molecule has 0 aromatic heterocycles. The second-order valence-electron chi connectivity index (χ2n) is 5.62. The molecule has 1 heterocycles. The van der Waals surface area contributed by atoms with Gasteiger partial charge in [-0.1, -0.05) is 6.92 Å². The van der Waals surface area contributed by atoms with E-state index in [1.807, 2.05) is 13.0 Å². The van der Waals surface area contributed by atoms with Crippen molar-refractivity contribution in [3.05, 3.63) is 29.6 Å². The summed E-state index contributed by atoms with van der Waals surface area (Å²) in [6.45, 7) is 6.40. The van der Waals surface area contributed by atoms with Gasteiger partial charge in [0.15, 0.2) is 0 Å².